The summed E-state index contributed by atoms with van der Waals surface area (Å²) in [4.78, 5) is 6.29. The number of rotatable bonds is 4. The molecule has 0 spiro atoms. The number of pyridine rings is 1. The van der Waals surface area contributed by atoms with Crippen LogP contribution in [0.2, 0.25) is 5.15 Å². The predicted molar refractivity (Wildman–Crippen MR) is 95.3 cm³/mol. The van der Waals surface area contributed by atoms with Crippen molar-refractivity contribution in [2.45, 2.75) is 10.8 Å². The molecule has 9 heteroatoms. The Hall–Kier alpha value is -0.510. The first-order valence-electron chi connectivity index (χ1n) is 7.03. The van der Waals surface area contributed by atoms with Crippen molar-refractivity contribution in [1.82, 2.24) is 14.2 Å². The van der Waals surface area contributed by atoms with Crippen molar-refractivity contribution < 1.29 is 8.42 Å². The molecule has 0 aliphatic carbocycles. The van der Waals surface area contributed by atoms with Crippen molar-refractivity contribution >= 4 is 48.9 Å². The van der Waals surface area contributed by atoms with Gasteiger partial charge in [-0.05, 0) is 39.7 Å². The third-order valence-electron chi connectivity index (χ3n) is 3.67. The average Bonchev–Trinajstić information content (AvgIpc) is 2.98. The molecule has 0 unspecified atom stereocenters. The van der Waals surface area contributed by atoms with Gasteiger partial charge in [-0.3, -0.25) is 4.90 Å². The minimum Gasteiger partial charge on any atom is -0.296 e. The Bertz CT molecular complexity index is 772. The zero-order valence-corrected chi connectivity index (χ0v) is 16.1. The van der Waals surface area contributed by atoms with Gasteiger partial charge < -0.3 is 0 Å². The molecule has 23 heavy (non-hydrogen) atoms. The van der Waals surface area contributed by atoms with E-state index in [2.05, 4.69) is 25.8 Å². The minimum atomic E-state index is -3.38. The molecule has 1 saturated heterocycles. The van der Waals surface area contributed by atoms with Gasteiger partial charge in [-0.1, -0.05) is 17.7 Å². The van der Waals surface area contributed by atoms with Gasteiger partial charge in [0, 0.05) is 38.9 Å². The number of halogens is 2. The lowest BCUT2D eigenvalue weighted by Gasteiger charge is -2.33. The van der Waals surface area contributed by atoms with Crippen LogP contribution in [0.5, 0.6) is 0 Å². The van der Waals surface area contributed by atoms with Crippen molar-refractivity contribution in [2.75, 3.05) is 26.2 Å². The van der Waals surface area contributed by atoms with E-state index >= 15 is 0 Å². The van der Waals surface area contributed by atoms with Crippen LogP contribution in [0.15, 0.2) is 38.5 Å². The van der Waals surface area contributed by atoms with Crippen LogP contribution in [-0.2, 0) is 16.6 Å². The van der Waals surface area contributed by atoms with Crippen molar-refractivity contribution in [2.24, 2.45) is 0 Å². The fourth-order valence-electron chi connectivity index (χ4n) is 2.45. The number of thiophene rings is 1. The Balaban J connectivity index is 1.61. The third kappa shape index (κ3) is 4.12. The molecule has 1 fully saturated rings. The summed E-state index contributed by atoms with van der Waals surface area (Å²) >= 11 is 10.3. The zero-order chi connectivity index (χ0) is 16.4. The van der Waals surface area contributed by atoms with Crippen molar-refractivity contribution in [1.29, 1.82) is 0 Å². The topological polar surface area (TPSA) is 53.5 Å². The quantitative estimate of drug-likeness (QED) is 0.691. The van der Waals surface area contributed by atoms with Gasteiger partial charge in [-0.25, -0.2) is 13.4 Å². The lowest BCUT2D eigenvalue weighted by Crippen LogP contribution is -2.48. The Morgan fingerprint density at radius 2 is 1.91 bits per heavy atom. The molecule has 3 rings (SSSR count). The summed E-state index contributed by atoms with van der Waals surface area (Å²) in [6.07, 6.45) is 1.76. The van der Waals surface area contributed by atoms with Gasteiger partial charge in [0.15, 0.2) is 0 Å². The van der Waals surface area contributed by atoms with E-state index in [0.717, 1.165) is 15.9 Å². The Labute approximate surface area is 153 Å². The highest BCUT2D eigenvalue weighted by molar-refractivity contribution is 9.11. The van der Waals surface area contributed by atoms with E-state index in [0.29, 0.717) is 35.5 Å². The molecule has 2 aromatic heterocycles. The number of piperazine rings is 1. The molecule has 0 atom stereocenters. The molecule has 0 radical (unpaired) electrons. The molecule has 124 valence electrons. The number of sulfonamides is 1. The van der Waals surface area contributed by atoms with Crippen molar-refractivity contribution in [3.8, 4) is 0 Å². The molecule has 3 heterocycles. The van der Waals surface area contributed by atoms with Gasteiger partial charge in [0.1, 0.15) is 9.36 Å². The summed E-state index contributed by atoms with van der Waals surface area (Å²) in [5, 5.41) is 0.478. The highest BCUT2D eigenvalue weighted by Gasteiger charge is 2.29. The number of aromatic nitrogens is 1. The van der Waals surface area contributed by atoms with Crippen LogP contribution < -0.4 is 0 Å². The molecular formula is C14H15BrClN3O2S2. The highest BCUT2D eigenvalue weighted by atomic mass is 79.9. The first-order valence-corrected chi connectivity index (χ1v) is 10.5. The van der Waals surface area contributed by atoms with E-state index in [1.54, 1.807) is 28.7 Å². The van der Waals surface area contributed by atoms with Crippen LogP contribution in [0.25, 0.3) is 0 Å². The first kappa shape index (κ1) is 17.3. The SMILES string of the molecule is O=S(=O)(c1ccc(Br)s1)N1CCN(Cc2ccc(Cl)nc2)CC1. The largest absolute Gasteiger partial charge is 0.296 e. The lowest BCUT2D eigenvalue weighted by molar-refractivity contribution is 0.181. The van der Waals surface area contributed by atoms with Crippen LogP contribution in [0.3, 0.4) is 0 Å². The zero-order valence-electron chi connectivity index (χ0n) is 12.2. The molecule has 0 aromatic carbocycles. The second kappa shape index (κ2) is 7.16. The van der Waals surface area contributed by atoms with Crippen LogP contribution in [0, 0.1) is 0 Å². The second-order valence-corrected chi connectivity index (χ2v) is 10.2. The van der Waals surface area contributed by atoms with Gasteiger partial charge in [0.05, 0.1) is 3.79 Å². The molecule has 1 aliphatic rings. The van der Waals surface area contributed by atoms with E-state index in [1.807, 2.05) is 6.07 Å². The van der Waals surface area contributed by atoms with Gasteiger partial charge in [-0.2, -0.15) is 4.31 Å². The van der Waals surface area contributed by atoms with Crippen LogP contribution in [0.4, 0.5) is 0 Å². The fourth-order valence-corrected chi connectivity index (χ4v) is 6.15. The molecule has 0 amide bonds. The van der Waals surface area contributed by atoms with Crippen molar-refractivity contribution in [3.63, 3.8) is 0 Å². The third-order valence-corrected chi connectivity index (χ3v) is 7.88. The maximum Gasteiger partial charge on any atom is 0.252 e. The average molecular weight is 437 g/mol. The van der Waals surface area contributed by atoms with E-state index < -0.39 is 10.0 Å². The Kier molecular flexibility index (Phi) is 5.39. The summed E-state index contributed by atoms with van der Waals surface area (Å²) in [6.45, 7) is 3.16. The maximum absolute atomic E-state index is 12.6. The summed E-state index contributed by atoms with van der Waals surface area (Å²) in [6, 6.07) is 7.13. The number of nitrogens with zero attached hydrogens (tertiary/aromatic N) is 3. The lowest BCUT2D eigenvalue weighted by atomic mass is 10.2. The van der Waals surface area contributed by atoms with Crippen LogP contribution in [0.1, 0.15) is 5.56 Å². The summed E-state index contributed by atoms with van der Waals surface area (Å²) in [5.41, 5.74) is 1.08. The molecule has 0 saturated carbocycles. The highest BCUT2D eigenvalue weighted by Crippen LogP contribution is 2.29. The van der Waals surface area contributed by atoms with Gasteiger partial charge in [-0.15, -0.1) is 11.3 Å². The summed E-state index contributed by atoms with van der Waals surface area (Å²) in [7, 11) is -3.38. The number of hydrogen-bond acceptors (Lipinski definition) is 5. The van der Waals surface area contributed by atoms with Crippen LogP contribution >= 0.6 is 38.9 Å². The van der Waals surface area contributed by atoms with Gasteiger partial charge in [0.2, 0.25) is 0 Å². The molecule has 0 bridgehead atoms. The van der Waals surface area contributed by atoms with Crippen LogP contribution in [-0.4, -0.2) is 48.8 Å². The second-order valence-electron chi connectivity index (χ2n) is 5.23. The smallest absolute Gasteiger partial charge is 0.252 e. The summed E-state index contributed by atoms with van der Waals surface area (Å²) < 4.78 is 27.9. The monoisotopic (exact) mass is 435 g/mol. The fraction of sp³-hybridized carbons (Fsp3) is 0.357. The van der Waals surface area contributed by atoms with E-state index in [9.17, 15) is 8.42 Å². The predicted octanol–water partition coefficient (Wildman–Crippen LogP) is 3.07. The minimum absolute atomic E-state index is 0.389. The normalized spacial score (nSPS) is 17.5. The molecular weight excluding hydrogens is 422 g/mol. The summed E-state index contributed by atoms with van der Waals surface area (Å²) in [5.74, 6) is 0. The van der Waals surface area contributed by atoms with E-state index in [4.69, 9.17) is 11.6 Å². The Morgan fingerprint density at radius 1 is 1.17 bits per heavy atom. The maximum atomic E-state index is 12.6. The van der Waals surface area contributed by atoms with E-state index in [-0.39, 0.29) is 0 Å². The molecule has 1 aliphatic heterocycles. The standard InChI is InChI=1S/C14H15BrClN3O2S2/c15-12-2-4-14(22-12)23(20,21)19-7-5-18(6-8-19)10-11-1-3-13(16)17-9-11/h1-4,9H,5-8,10H2. The molecule has 2 aromatic rings. The van der Waals surface area contributed by atoms with Gasteiger partial charge in [0.25, 0.3) is 10.0 Å². The first-order chi connectivity index (χ1) is 10.9. The van der Waals surface area contributed by atoms with Gasteiger partial charge >= 0.3 is 0 Å². The van der Waals surface area contributed by atoms with Crippen molar-refractivity contribution in [3.05, 3.63) is 45.0 Å². The van der Waals surface area contributed by atoms with E-state index in [1.165, 1.54) is 11.3 Å². The number of hydrogen-bond donors (Lipinski definition) is 0. The molecule has 0 N–H and O–H groups in total. The Morgan fingerprint density at radius 3 is 2.48 bits per heavy atom. The molecule has 5 nitrogen and oxygen atoms in total.